The second-order valence-electron chi connectivity index (χ2n) is 6.01. The van der Waals surface area contributed by atoms with Crippen molar-refractivity contribution >= 4 is 11.9 Å². The third-order valence-electron chi connectivity index (χ3n) is 3.60. The van der Waals surface area contributed by atoms with E-state index < -0.39 is 0 Å². The van der Waals surface area contributed by atoms with Gasteiger partial charge >= 0.3 is 0 Å². The molecule has 0 aromatic carbocycles. The number of aliphatic imine (C=N–C) groups is 1. The van der Waals surface area contributed by atoms with Crippen LogP contribution in [0.4, 0.5) is 0 Å². The van der Waals surface area contributed by atoms with Gasteiger partial charge in [-0.2, -0.15) is 0 Å². The summed E-state index contributed by atoms with van der Waals surface area (Å²) in [4.78, 5) is 17.9. The van der Waals surface area contributed by atoms with E-state index in [1.807, 2.05) is 19.2 Å². The molecule has 122 valence electrons. The van der Waals surface area contributed by atoms with Crippen LogP contribution in [0.3, 0.4) is 0 Å². The lowest BCUT2D eigenvalue weighted by molar-refractivity contribution is -0.132. The van der Waals surface area contributed by atoms with Crippen molar-refractivity contribution in [2.24, 2.45) is 4.99 Å². The van der Waals surface area contributed by atoms with Gasteiger partial charge in [0.15, 0.2) is 5.96 Å². The SMILES string of the molecule is CC(C)NC(=NCCc1ccco1)NC1CCC(=O)N(C)C1. The summed E-state index contributed by atoms with van der Waals surface area (Å²) in [5.41, 5.74) is 0. The molecule has 0 bridgehead atoms. The molecule has 1 amide bonds. The average molecular weight is 306 g/mol. The summed E-state index contributed by atoms with van der Waals surface area (Å²) in [6.45, 7) is 5.55. The Kier molecular flexibility index (Phi) is 5.86. The van der Waals surface area contributed by atoms with E-state index in [9.17, 15) is 4.79 Å². The monoisotopic (exact) mass is 306 g/mol. The summed E-state index contributed by atoms with van der Waals surface area (Å²) in [5.74, 6) is 1.95. The Morgan fingerprint density at radius 1 is 1.55 bits per heavy atom. The van der Waals surface area contributed by atoms with Crippen molar-refractivity contribution in [1.29, 1.82) is 0 Å². The minimum atomic E-state index is 0.214. The molecule has 6 heteroatoms. The second kappa shape index (κ2) is 7.87. The van der Waals surface area contributed by atoms with Crippen LogP contribution >= 0.6 is 0 Å². The summed E-state index contributed by atoms with van der Waals surface area (Å²) >= 11 is 0. The number of hydrogen-bond acceptors (Lipinski definition) is 3. The number of carbonyl (C=O) groups excluding carboxylic acids is 1. The number of guanidine groups is 1. The van der Waals surface area contributed by atoms with Crippen LogP contribution in [0.15, 0.2) is 27.8 Å². The lowest BCUT2D eigenvalue weighted by Gasteiger charge is -2.31. The van der Waals surface area contributed by atoms with E-state index in [2.05, 4.69) is 29.5 Å². The molecule has 0 saturated carbocycles. The van der Waals surface area contributed by atoms with E-state index in [0.29, 0.717) is 19.0 Å². The minimum Gasteiger partial charge on any atom is -0.469 e. The smallest absolute Gasteiger partial charge is 0.222 e. The van der Waals surface area contributed by atoms with Gasteiger partial charge in [-0.3, -0.25) is 9.79 Å². The first-order valence-corrected chi connectivity index (χ1v) is 7.88. The van der Waals surface area contributed by atoms with Gasteiger partial charge in [-0.25, -0.2) is 0 Å². The molecule has 1 fully saturated rings. The zero-order valence-electron chi connectivity index (χ0n) is 13.6. The fraction of sp³-hybridized carbons (Fsp3) is 0.625. The molecule has 2 heterocycles. The second-order valence-corrected chi connectivity index (χ2v) is 6.01. The van der Waals surface area contributed by atoms with Crippen molar-refractivity contribution in [2.45, 2.75) is 45.2 Å². The third-order valence-corrected chi connectivity index (χ3v) is 3.60. The van der Waals surface area contributed by atoms with Crippen LogP contribution < -0.4 is 10.6 Å². The zero-order chi connectivity index (χ0) is 15.9. The topological polar surface area (TPSA) is 69.9 Å². The number of piperidine rings is 1. The molecule has 6 nitrogen and oxygen atoms in total. The molecule has 1 atom stereocenters. The number of amides is 1. The van der Waals surface area contributed by atoms with Gasteiger partial charge in [0.2, 0.25) is 5.91 Å². The van der Waals surface area contributed by atoms with Crippen molar-refractivity contribution < 1.29 is 9.21 Å². The number of furan rings is 1. The maximum atomic E-state index is 11.5. The highest BCUT2D eigenvalue weighted by molar-refractivity contribution is 5.81. The molecule has 1 aromatic heterocycles. The van der Waals surface area contributed by atoms with Crippen molar-refractivity contribution in [2.75, 3.05) is 20.1 Å². The molecule has 1 saturated heterocycles. The van der Waals surface area contributed by atoms with Gasteiger partial charge in [0.1, 0.15) is 5.76 Å². The van der Waals surface area contributed by atoms with E-state index in [1.165, 1.54) is 0 Å². The largest absolute Gasteiger partial charge is 0.469 e. The number of nitrogens with one attached hydrogen (secondary N) is 2. The number of likely N-dealkylation sites (N-methyl/N-ethyl adjacent to an activating group) is 1. The van der Waals surface area contributed by atoms with Crippen molar-refractivity contribution in [3.63, 3.8) is 0 Å². The van der Waals surface area contributed by atoms with E-state index in [0.717, 1.165) is 31.1 Å². The van der Waals surface area contributed by atoms with E-state index in [-0.39, 0.29) is 11.9 Å². The molecule has 0 radical (unpaired) electrons. The third kappa shape index (κ3) is 5.09. The maximum Gasteiger partial charge on any atom is 0.222 e. The normalized spacial score (nSPS) is 19.6. The number of carbonyl (C=O) groups is 1. The zero-order valence-corrected chi connectivity index (χ0v) is 13.6. The van der Waals surface area contributed by atoms with Crippen LogP contribution in [0, 0.1) is 0 Å². The van der Waals surface area contributed by atoms with E-state index >= 15 is 0 Å². The maximum absolute atomic E-state index is 11.5. The Hall–Kier alpha value is -1.98. The molecule has 1 aliphatic heterocycles. The highest BCUT2D eigenvalue weighted by Crippen LogP contribution is 2.09. The highest BCUT2D eigenvalue weighted by Gasteiger charge is 2.23. The standard InChI is InChI=1S/C16H26N4O2/c1-12(2)18-16(17-9-8-14-5-4-10-22-14)19-13-6-7-15(21)20(3)11-13/h4-5,10,12-13H,6-9,11H2,1-3H3,(H2,17,18,19). The molecule has 0 spiro atoms. The van der Waals surface area contributed by atoms with Gasteiger partial charge in [-0.15, -0.1) is 0 Å². The molecular formula is C16H26N4O2. The summed E-state index contributed by atoms with van der Waals surface area (Å²) in [6, 6.07) is 4.40. The van der Waals surface area contributed by atoms with Crippen LogP contribution in [-0.4, -0.2) is 49.0 Å². The van der Waals surface area contributed by atoms with Crippen LogP contribution in [0.25, 0.3) is 0 Å². The van der Waals surface area contributed by atoms with Gasteiger partial charge in [-0.05, 0) is 32.4 Å². The van der Waals surface area contributed by atoms with Crippen molar-refractivity contribution in [3.8, 4) is 0 Å². The summed E-state index contributed by atoms with van der Waals surface area (Å²) in [7, 11) is 1.85. The predicted molar refractivity (Wildman–Crippen MR) is 86.8 cm³/mol. The Morgan fingerprint density at radius 3 is 3.00 bits per heavy atom. The molecule has 1 aliphatic rings. The van der Waals surface area contributed by atoms with Crippen LogP contribution in [0.2, 0.25) is 0 Å². The van der Waals surface area contributed by atoms with Crippen LogP contribution in [0.5, 0.6) is 0 Å². The van der Waals surface area contributed by atoms with E-state index in [1.54, 1.807) is 11.2 Å². The lowest BCUT2D eigenvalue weighted by Crippen LogP contribution is -2.52. The molecule has 1 aromatic rings. The number of rotatable bonds is 5. The van der Waals surface area contributed by atoms with Gasteiger partial charge in [0.25, 0.3) is 0 Å². The number of nitrogens with zero attached hydrogens (tertiary/aromatic N) is 2. The Balaban J connectivity index is 1.89. The van der Waals surface area contributed by atoms with Crippen molar-refractivity contribution in [1.82, 2.24) is 15.5 Å². The Labute approximate surface area is 132 Å². The fourth-order valence-corrected chi connectivity index (χ4v) is 2.46. The number of hydrogen-bond donors (Lipinski definition) is 2. The highest BCUT2D eigenvalue weighted by atomic mass is 16.3. The van der Waals surface area contributed by atoms with Gasteiger partial charge in [0.05, 0.1) is 6.26 Å². The fourth-order valence-electron chi connectivity index (χ4n) is 2.46. The Morgan fingerprint density at radius 2 is 2.36 bits per heavy atom. The van der Waals surface area contributed by atoms with Gasteiger partial charge < -0.3 is 20.0 Å². The molecule has 0 aliphatic carbocycles. The molecule has 2 N–H and O–H groups in total. The minimum absolute atomic E-state index is 0.214. The summed E-state index contributed by atoms with van der Waals surface area (Å²) in [6.07, 6.45) is 3.90. The van der Waals surface area contributed by atoms with Crippen molar-refractivity contribution in [3.05, 3.63) is 24.2 Å². The molecule has 22 heavy (non-hydrogen) atoms. The lowest BCUT2D eigenvalue weighted by atomic mass is 10.1. The number of likely N-dealkylation sites (tertiary alicyclic amines) is 1. The first-order valence-electron chi connectivity index (χ1n) is 7.88. The Bertz CT molecular complexity index is 496. The molecular weight excluding hydrogens is 280 g/mol. The first kappa shape index (κ1) is 16.4. The van der Waals surface area contributed by atoms with Crippen LogP contribution in [-0.2, 0) is 11.2 Å². The van der Waals surface area contributed by atoms with Crippen LogP contribution in [0.1, 0.15) is 32.4 Å². The van der Waals surface area contributed by atoms with Gasteiger partial charge in [-0.1, -0.05) is 0 Å². The van der Waals surface area contributed by atoms with E-state index in [4.69, 9.17) is 4.42 Å². The average Bonchev–Trinajstić information content (AvgIpc) is 2.95. The molecule has 2 rings (SSSR count). The summed E-state index contributed by atoms with van der Waals surface area (Å²) in [5, 5.41) is 6.77. The first-order chi connectivity index (χ1) is 10.5. The quantitative estimate of drug-likeness (QED) is 0.637. The van der Waals surface area contributed by atoms with Gasteiger partial charge in [0, 0.05) is 45.1 Å². The molecule has 1 unspecified atom stereocenters. The summed E-state index contributed by atoms with van der Waals surface area (Å²) < 4.78 is 5.32. The predicted octanol–water partition coefficient (Wildman–Crippen LogP) is 1.39.